The minimum Gasteiger partial charge on any atom is -0.457 e. The zero-order chi connectivity index (χ0) is 17.0. The summed E-state index contributed by atoms with van der Waals surface area (Å²) >= 11 is 5.93. The van der Waals surface area contributed by atoms with E-state index in [9.17, 15) is 13.2 Å². The summed E-state index contributed by atoms with van der Waals surface area (Å²) < 4.78 is 28.2. The summed E-state index contributed by atoms with van der Waals surface area (Å²) in [5, 5.41) is 9.09. The molecule has 2 rings (SSSR count). The first-order valence-electron chi connectivity index (χ1n) is 6.47. The minimum absolute atomic E-state index is 0.0220. The zero-order valence-corrected chi connectivity index (χ0v) is 13.7. The van der Waals surface area contributed by atoms with Gasteiger partial charge in [-0.25, -0.2) is 13.2 Å². The summed E-state index contributed by atoms with van der Waals surface area (Å²) in [4.78, 5) is 12.1. The molecule has 0 saturated heterocycles. The average Bonchev–Trinajstić information content (AvgIpc) is 2.52. The van der Waals surface area contributed by atoms with Gasteiger partial charge >= 0.3 is 5.97 Å². The molecule has 2 aromatic rings. The molecule has 0 N–H and O–H groups in total. The Hall–Kier alpha value is -2.36. The van der Waals surface area contributed by atoms with Crippen molar-refractivity contribution < 1.29 is 17.9 Å². The van der Waals surface area contributed by atoms with E-state index in [0.29, 0.717) is 11.1 Å². The maximum atomic E-state index is 12.1. The van der Waals surface area contributed by atoms with E-state index >= 15 is 0 Å². The lowest BCUT2D eigenvalue weighted by Crippen LogP contribution is -2.08. The Morgan fingerprint density at radius 2 is 1.96 bits per heavy atom. The number of hydrogen-bond donors (Lipinski definition) is 0. The van der Waals surface area contributed by atoms with Gasteiger partial charge in [0.25, 0.3) is 0 Å². The van der Waals surface area contributed by atoms with Crippen LogP contribution in [0.15, 0.2) is 47.4 Å². The fraction of sp³-hybridized carbons (Fsp3) is 0.125. The Balaban J connectivity index is 2.23. The number of carbonyl (C=O) groups is 1. The molecule has 0 heterocycles. The van der Waals surface area contributed by atoms with Crippen molar-refractivity contribution >= 4 is 27.4 Å². The molecule has 0 amide bonds. The molecular weight excluding hydrogens is 338 g/mol. The molecule has 0 fully saturated rings. The van der Waals surface area contributed by atoms with Gasteiger partial charge in [0.05, 0.1) is 27.1 Å². The van der Waals surface area contributed by atoms with Gasteiger partial charge in [-0.1, -0.05) is 29.8 Å². The zero-order valence-electron chi connectivity index (χ0n) is 12.1. The van der Waals surface area contributed by atoms with Crippen molar-refractivity contribution in [2.24, 2.45) is 0 Å². The lowest BCUT2D eigenvalue weighted by molar-refractivity contribution is 0.0472. The summed E-state index contributed by atoms with van der Waals surface area (Å²) in [6, 6.07) is 12.5. The Labute approximate surface area is 139 Å². The van der Waals surface area contributed by atoms with Gasteiger partial charge in [-0.15, -0.1) is 0 Å². The molecule has 0 radical (unpaired) electrons. The Morgan fingerprint density at radius 3 is 2.61 bits per heavy atom. The highest BCUT2D eigenvalue weighted by molar-refractivity contribution is 7.90. The van der Waals surface area contributed by atoms with Crippen LogP contribution in [0.1, 0.15) is 21.5 Å². The van der Waals surface area contributed by atoms with Crippen LogP contribution in [0.25, 0.3) is 0 Å². The quantitative estimate of drug-likeness (QED) is 0.792. The minimum atomic E-state index is -3.46. The molecule has 0 aromatic heterocycles. The first-order chi connectivity index (χ1) is 10.8. The molecule has 0 bridgehead atoms. The summed E-state index contributed by atoms with van der Waals surface area (Å²) in [7, 11) is -3.46. The fourth-order valence-corrected chi connectivity index (χ4v) is 2.71. The van der Waals surface area contributed by atoms with E-state index in [0.717, 1.165) is 6.26 Å². The van der Waals surface area contributed by atoms with E-state index in [2.05, 4.69) is 0 Å². The Bertz CT molecular complexity index is 901. The van der Waals surface area contributed by atoms with Crippen LogP contribution in [0, 0.1) is 11.3 Å². The van der Waals surface area contributed by atoms with E-state index in [1.807, 2.05) is 6.07 Å². The van der Waals surface area contributed by atoms with Gasteiger partial charge in [0, 0.05) is 11.8 Å². The van der Waals surface area contributed by atoms with E-state index in [1.54, 1.807) is 24.3 Å². The van der Waals surface area contributed by atoms with Gasteiger partial charge in [0.1, 0.15) is 6.61 Å². The van der Waals surface area contributed by atoms with Crippen molar-refractivity contribution in [1.82, 2.24) is 0 Å². The molecule has 0 spiro atoms. The van der Waals surface area contributed by atoms with Crippen LogP contribution < -0.4 is 0 Å². The number of benzene rings is 2. The molecule has 0 atom stereocenters. The third-order valence-corrected chi connectivity index (χ3v) is 4.52. The maximum absolute atomic E-state index is 12.1. The van der Waals surface area contributed by atoms with Crippen LogP contribution in [0.2, 0.25) is 5.02 Å². The van der Waals surface area contributed by atoms with Crippen LogP contribution in [-0.4, -0.2) is 20.6 Å². The van der Waals surface area contributed by atoms with E-state index < -0.39 is 15.8 Å². The van der Waals surface area contributed by atoms with Gasteiger partial charge in [-0.2, -0.15) is 5.26 Å². The normalized spacial score (nSPS) is 10.8. The highest BCUT2D eigenvalue weighted by Gasteiger charge is 2.17. The molecule has 0 aliphatic rings. The van der Waals surface area contributed by atoms with Gasteiger partial charge in [-0.3, -0.25) is 0 Å². The molecule has 0 aliphatic carbocycles. The molecule has 118 valence electrons. The second-order valence-electron chi connectivity index (χ2n) is 4.76. The molecule has 23 heavy (non-hydrogen) atoms. The lowest BCUT2D eigenvalue weighted by Gasteiger charge is -2.08. The second kappa shape index (κ2) is 6.82. The standard InChI is InChI=1S/C16H12ClNO4S/c1-23(20,21)13-6-7-15(17)14(8-13)16(19)22-10-12-5-3-2-4-11(12)9-18/h2-8H,10H2,1H3. The Kier molecular flexibility index (Phi) is 5.04. The summed E-state index contributed by atoms with van der Waals surface area (Å²) in [6.45, 7) is -0.109. The number of halogens is 1. The molecule has 7 heteroatoms. The summed E-state index contributed by atoms with van der Waals surface area (Å²) in [6.07, 6.45) is 1.04. The number of hydrogen-bond acceptors (Lipinski definition) is 5. The van der Waals surface area contributed by atoms with Gasteiger partial charge in [0.2, 0.25) is 0 Å². The number of rotatable bonds is 4. The smallest absolute Gasteiger partial charge is 0.340 e. The van der Waals surface area contributed by atoms with Crippen LogP contribution >= 0.6 is 11.6 Å². The van der Waals surface area contributed by atoms with Crippen molar-refractivity contribution in [1.29, 1.82) is 5.26 Å². The predicted molar refractivity (Wildman–Crippen MR) is 84.8 cm³/mol. The number of nitriles is 1. The van der Waals surface area contributed by atoms with Crippen LogP contribution in [0.4, 0.5) is 0 Å². The highest BCUT2D eigenvalue weighted by Crippen LogP contribution is 2.22. The van der Waals surface area contributed by atoms with Gasteiger partial charge in [0.15, 0.2) is 9.84 Å². The number of carbonyl (C=O) groups excluding carboxylic acids is 1. The fourth-order valence-electron chi connectivity index (χ4n) is 1.87. The van der Waals surface area contributed by atoms with Gasteiger partial charge < -0.3 is 4.74 Å². The number of ether oxygens (including phenoxy) is 1. The monoisotopic (exact) mass is 349 g/mol. The summed E-state index contributed by atoms with van der Waals surface area (Å²) in [5.74, 6) is -0.756. The van der Waals surface area contributed by atoms with Crippen molar-refractivity contribution in [3.8, 4) is 6.07 Å². The van der Waals surface area contributed by atoms with Crippen LogP contribution in [0.5, 0.6) is 0 Å². The molecule has 0 unspecified atom stereocenters. The van der Waals surface area contributed by atoms with E-state index in [-0.39, 0.29) is 22.1 Å². The molecule has 5 nitrogen and oxygen atoms in total. The second-order valence-corrected chi connectivity index (χ2v) is 7.18. The molecule has 0 aliphatic heterocycles. The lowest BCUT2D eigenvalue weighted by atomic mass is 10.1. The average molecular weight is 350 g/mol. The third-order valence-electron chi connectivity index (χ3n) is 3.08. The topological polar surface area (TPSA) is 84.2 Å². The predicted octanol–water partition coefficient (Wildman–Crippen LogP) is 2.97. The van der Waals surface area contributed by atoms with E-state index in [4.69, 9.17) is 21.6 Å². The van der Waals surface area contributed by atoms with Crippen molar-refractivity contribution in [3.63, 3.8) is 0 Å². The largest absolute Gasteiger partial charge is 0.457 e. The van der Waals surface area contributed by atoms with Crippen molar-refractivity contribution in [3.05, 3.63) is 64.2 Å². The molecule has 0 saturated carbocycles. The third kappa shape index (κ3) is 4.09. The number of esters is 1. The number of sulfone groups is 1. The molecule has 2 aromatic carbocycles. The van der Waals surface area contributed by atoms with Crippen molar-refractivity contribution in [2.45, 2.75) is 11.5 Å². The SMILES string of the molecule is CS(=O)(=O)c1ccc(Cl)c(C(=O)OCc2ccccc2C#N)c1. The first kappa shape index (κ1) is 17.0. The highest BCUT2D eigenvalue weighted by atomic mass is 35.5. The maximum Gasteiger partial charge on any atom is 0.340 e. The first-order valence-corrected chi connectivity index (χ1v) is 8.74. The van der Waals surface area contributed by atoms with E-state index in [1.165, 1.54) is 18.2 Å². The van der Waals surface area contributed by atoms with Crippen molar-refractivity contribution in [2.75, 3.05) is 6.26 Å². The molecular formula is C16H12ClNO4S. The Morgan fingerprint density at radius 1 is 1.26 bits per heavy atom. The number of nitrogens with zero attached hydrogens (tertiary/aromatic N) is 1. The van der Waals surface area contributed by atoms with Crippen LogP contribution in [-0.2, 0) is 21.2 Å². The van der Waals surface area contributed by atoms with Crippen LogP contribution in [0.3, 0.4) is 0 Å². The summed E-state index contributed by atoms with van der Waals surface area (Å²) in [5.41, 5.74) is 0.916. The van der Waals surface area contributed by atoms with Gasteiger partial charge in [-0.05, 0) is 24.3 Å².